The van der Waals surface area contributed by atoms with E-state index in [0.717, 1.165) is 27.5 Å². The Kier molecular flexibility index (Phi) is 6.17. The standard InChI is InChI=1S/C24H18N6O2S/c1-15-3-6-18(12-21(15)29-24(32)28-14-33)30-22(31)8-4-16-13-27-20-7-5-17(26-10-2-9-25)11-19(20)23(16)30/h2-13,25-26H,1H3,(H,29,32)/b10-2-,25-9?. The molecule has 0 aliphatic heterocycles. The van der Waals surface area contributed by atoms with Gasteiger partial charge in [0.2, 0.25) is 0 Å². The first kappa shape index (κ1) is 21.8. The fourth-order valence-corrected chi connectivity index (χ4v) is 3.60. The zero-order valence-corrected chi connectivity index (χ0v) is 18.3. The highest BCUT2D eigenvalue weighted by atomic mass is 32.1. The van der Waals surface area contributed by atoms with E-state index in [1.165, 1.54) is 12.3 Å². The Morgan fingerprint density at radius 2 is 2.06 bits per heavy atom. The molecule has 0 atom stereocenters. The highest BCUT2D eigenvalue weighted by Gasteiger charge is 2.13. The lowest BCUT2D eigenvalue weighted by Gasteiger charge is -2.15. The second kappa shape index (κ2) is 9.35. The molecule has 0 saturated carbocycles. The second-order valence-corrected chi connectivity index (χ2v) is 7.29. The van der Waals surface area contributed by atoms with Crippen molar-refractivity contribution in [3.05, 3.63) is 82.9 Å². The molecule has 2 amide bonds. The Bertz CT molecular complexity index is 1550. The van der Waals surface area contributed by atoms with Crippen LogP contribution in [0.25, 0.3) is 27.5 Å². The number of hydrogen-bond acceptors (Lipinski definition) is 6. The lowest BCUT2D eigenvalue weighted by atomic mass is 10.1. The lowest BCUT2D eigenvalue weighted by Crippen LogP contribution is -2.18. The number of carbonyl (C=O) groups is 1. The smallest absolute Gasteiger partial charge is 0.354 e. The first-order valence-electron chi connectivity index (χ1n) is 9.88. The van der Waals surface area contributed by atoms with E-state index in [9.17, 15) is 9.59 Å². The number of anilines is 2. The maximum absolute atomic E-state index is 13.1. The first-order chi connectivity index (χ1) is 16.0. The summed E-state index contributed by atoms with van der Waals surface area (Å²) in [5.41, 5.74) is 3.85. The summed E-state index contributed by atoms with van der Waals surface area (Å²) in [5, 5.41) is 16.5. The van der Waals surface area contributed by atoms with Crippen LogP contribution >= 0.6 is 12.2 Å². The minimum Gasteiger partial charge on any atom is -0.362 e. The third-order valence-corrected chi connectivity index (χ3v) is 5.12. The number of aliphatic imine (C=N–C) groups is 1. The van der Waals surface area contributed by atoms with Gasteiger partial charge in [-0.05, 0) is 67.2 Å². The van der Waals surface area contributed by atoms with Crippen molar-refractivity contribution in [1.29, 1.82) is 5.41 Å². The maximum Gasteiger partial charge on any atom is 0.354 e. The summed E-state index contributed by atoms with van der Waals surface area (Å²) in [7, 11) is 0. The largest absolute Gasteiger partial charge is 0.362 e. The van der Waals surface area contributed by atoms with Gasteiger partial charge in [0.25, 0.3) is 5.56 Å². The molecular formula is C24H18N6O2S. The number of carbonyl (C=O) groups excluding carboxylic acids is 1. The Hall–Kier alpha value is -4.46. The number of amides is 2. The summed E-state index contributed by atoms with van der Waals surface area (Å²) < 4.78 is 1.59. The Morgan fingerprint density at radius 1 is 1.21 bits per heavy atom. The summed E-state index contributed by atoms with van der Waals surface area (Å²) >= 11 is 4.49. The topological polar surface area (TPSA) is 112 Å². The highest BCUT2D eigenvalue weighted by molar-refractivity contribution is 7.78. The van der Waals surface area contributed by atoms with Crippen LogP contribution in [0.1, 0.15) is 5.56 Å². The van der Waals surface area contributed by atoms with Gasteiger partial charge in [-0.25, -0.2) is 4.79 Å². The number of nitrogens with zero attached hydrogens (tertiary/aromatic N) is 3. The molecule has 33 heavy (non-hydrogen) atoms. The summed E-state index contributed by atoms with van der Waals surface area (Å²) in [6, 6.07) is 13.6. The predicted octanol–water partition coefficient (Wildman–Crippen LogP) is 5.06. The fraction of sp³-hybridized carbons (Fsp3) is 0.0417. The zero-order chi connectivity index (χ0) is 23.4. The van der Waals surface area contributed by atoms with Gasteiger partial charge < -0.3 is 16.0 Å². The first-order valence-corrected chi connectivity index (χ1v) is 10.3. The minimum absolute atomic E-state index is 0.227. The van der Waals surface area contributed by atoms with Crippen LogP contribution in [0.3, 0.4) is 0 Å². The van der Waals surface area contributed by atoms with Crippen LogP contribution in [-0.2, 0) is 0 Å². The number of aromatic nitrogens is 2. The molecule has 162 valence electrons. The number of pyridine rings is 2. The van der Waals surface area contributed by atoms with E-state index in [-0.39, 0.29) is 5.56 Å². The zero-order valence-electron chi connectivity index (χ0n) is 17.5. The van der Waals surface area contributed by atoms with Crippen LogP contribution in [0, 0.1) is 12.3 Å². The molecule has 3 N–H and O–H groups in total. The molecule has 9 heteroatoms. The van der Waals surface area contributed by atoms with Gasteiger partial charge in [-0.2, -0.15) is 0 Å². The number of urea groups is 1. The predicted molar refractivity (Wildman–Crippen MR) is 135 cm³/mol. The van der Waals surface area contributed by atoms with Crippen LogP contribution in [0.15, 0.2) is 76.8 Å². The Balaban J connectivity index is 1.96. The molecule has 2 aromatic heterocycles. The summed E-state index contributed by atoms with van der Waals surface area (Å²) in [5.74, 6) is 0. The van der Waals surface area contributed by atoms with Gasteiger partial charge in [-0.1, -0.05) is 6.07 Å². The number of aryl methyl sites for hydroxylation is 1. The lowest BCUT2D eigenvalue weighted by molar-refractivity contribution is 0.259. The molecule has 0 radical (unpaired) electrons. The van der Waals surface area contributed by atoms with Crippen LogP contribution in [0.4, 0.5) is 16.2 Å². The van der Waals surface area contributed by atoms with Crippen molar-refractivity contribution in [2.75, 3.05) is 10.6 Å². The molecule has 2 aromatic carbocycles. The van der Waals surface area contributed by atoms with E-state index in [4.69, 9.17) is 5.41 Å². The van der Waals surface area contributed by atoms with Gasteiger partial charge in [0.1, 0.15) is 0 Å². The van der Waals surface area contributed by atoms with Crippen LogP contribution in [0.2, 0.25) is 0 Å². The van der Waals surface area contributed by atoms with E-state index >= 15 is 0 Å². The van der Waals surface area contributed by atoms with Crippen molar-refractivity contribution < 1.29 is 4.79 Å². The van der Waals surface area contributed by atoms with E-state index in [2.05, 4.69) is 32.8 Å². The monoisotopic (exact) mass is 454 g/mol. The van der Waals surface area contributed by atoms with Gasteiger partial charge >= 0.3 is 6.03 Å². The summed E-state index contributed by atoms with van der Waals surface area (Å²) in [4.78, 5) is 32.9. The average molecular weight is 455 g/mol. The molecule has 4 aromatic rings. The number of isothiocyanates is 1. The number of nitrogens with one attached hydrogen (secondary N) is 3. The molecular weight excluding hydrogens is 436 g/mol. The van der Waals surface area contributed by atoms with Gasteiger partial charge in [0, 0.05) is 46.8 Å². The van der Waals surface area contributed by atoms with Crippen molar-refractivity contribution in [2.24, 2.45) is 4.99 Å². The SMILES string of the molecule is Cc1ccc(-n2c(=O)ccc3cnc4ccc(N/C=C\C=N)cc4c32)cc1NC(=O)N=C=S. The third kappa shape index (κ3) is 4.45. The van der Waals surface area contributed by atoms with Gasteiger partial charge in [-0.3, -0.25) is 14.3 Å². The van der Waals surface area contributed by atoms with E-state index in [0.29, 0.717) is 16.9 Å². The van der Waals surface area contributed by atoms with E-state index in [1.54, 1.807) is 35.2 Å². The van der Waals surface area contributed by atoms with Crippen LogP contribution < -0.4 is 16.2 Å². The molecule has 0 unspecified atom stereocenters. The second-order valence-electron chi connectivity index (χ2n) is 7.10. The molecule has 2 heterocycles. The fourth-order valence-electron chi connectivity index (χ4n) is 3.52. The Labute approximate surface area is 193 Å². The van der Waals surface area contributed by atoms with Crippen LogP contribution in [0.5, 0.6) is 0 Å². The van der Waals surface area contributed by atoms with Crippen molar-refractivity contribution in [3.63, 3.8) is 0 Å². The van der Waals surface area contributed by atoms with E-state index < -0.39 is 6.03 Å². The molecule has 4 rings (SSSR count). The number of benzene rings is 2. The van der Waals surface area contributed by atoms with E-state index in [1.807, 2.05) is 42.4 Å². The summed E-state index contributed by atoms with van der Waals surface area (Å²) in [6.45, 7) is 1.84. The number of rotatable bonds is 5. The third-order valence-electron chi connectivity index (χ3n) is 5.03. The number of hydrogen-bond donors (Lipinski definition) is 3. The van der Waals surface area contributed by atoms with Gasteiger partial charge in [0.05, 0.1) is 21.9 Å². The molecule has 0 saturated heterocycles. The quantitative estimate of drug-likeness (QED) is 0.222. The molecule has 0 aliphatic rings. The van der Waals surface area contributed by atoms with Crippen LogP contribution in [-0.4, -0.2) is 27.0 Å². The maximum atomic E-state index is 13.1. The van der Waals surface area contributed by atoms with Crippen molar-refractivity contribution in [2.45, 2.75) is 6.92 Å². The number of thiocarbonyl (C=S) groups is 1. The molecule has 0 fully saturated rings. The van der Waals surface area contributed by atoms with Crippen molar-refractivity contribution in [3.8, 4) is 5.69 Å². The Morgan fingerprint density at radius 3 is 2.85 bits per heavy atom. The molecule has 0 spiro atoms. The van der Waals surface area contributed by atoms with Crippen molar-refractivity contribution in [1.82, 2.24) is 9.55 Å². The normalized spacial score (nSPS) is 10.8. The average Bonchev–Trinajstić information content (AvgIpc) is 2.81. The number of fused-ring (bicyclic) bond motifs is 3. The van der Waals surface area contributed by atoms with Gasteiger partial charge in [-0.15, -0.1) is 4.99 Å². The highest BCUT2D eigenvalue weighted by Crippen LogP contribution is 2.28. The number of allylic oxidation sites excluding steroid dienone is 1. The molecule has 0 bridgehead atoms. The van der Waals surface area contributed by atoms with Crippen molar-refractivity contribution >= 4 is 62.8 Å². The summed E-state index contributed by atoms with van der Waals surface area (Å²) in [6.07, 6.45) is 6.12. The minimum atomic E-state index is -0.640. The molecule has 0 aliphatic carbocycles. The molecule has 8 nitrogen and oxygen atoms in total. The van der Waals surface area contributed by atoms with Gasteiger partial charge in [0.15, 0.2) is 0 Å².